The summed E-state index contributed by atoms with van der Waals surface area (Å²) in [7, 11) is 0. The first kappa shape index (κ1) is 22.8. The molecule has 34 heavy (non-hydrogen) atoms. The summed E-state index contributed by atoms with van der Waals surface area (Å²) in [5.41, 5.74) is 6.95. The summed E-state index contributed by atoms with van der Waals surface area (Å²) < 4.78 is 1.89. The second kappa shape index (κ2) is 9.34. The largest absolute Gasteiger partial charge is 0.303 e. The second-order valence-corrected chi connectivity index (χ2v) is 9.98. The number of hydrogen-bond donors (Lipinski definition) is 0. The number of likely N-dealkylation sites (tertiary alicyclic amines) is 1. The smallest absolute Gasteiger partial charge is 0.255 e. The number of piperidine rings is 1. The number of hydrogen-bond acceptors (Lipinski definition) is 4. The molecule has 2 aromatic rings. The van der Waals surface area contributed by atoms with E-state index in [0.717, 1.165) is 66.2 Å². The zero-order valence-corrected chi connectivity index (χ0v) is 20.8. The van der Waals surface area contributed by atoms with E-state index in [-0.39, 0.29) is 11.8 Å². The monoisotopic (exact) mass is 457 g/mol. The number of amides is 1. The van der Waals surface area contributed by atoms with Crippen molar-refractivity contribution in [2.75, 3.05) is 19.6 Å². The molecule has 0 radical (unpaired) electrons. The summed E-state index contributed by atoms with van der Waals surface area (Å²) in [4.78, 5) is 22.5. The predicted molar refractivity (Wildman–Crippen MR) is 136 cm³/mol. The van der Waals surface area contributed by atoms with Crippen LogP contribution in [0.5, 0.6) is 0 Å². The molecule has 6 heteroatoms. The molecule has 2 aromatic heterocycles. The molecular formula is C28H35N5O. The van der Waals surface area contributed by atoms with Gasteiger partial charge in [-0.05, 0) is 94.3 Å². The van der Waals surface area contributed by atoms with E-state index in [1.165, 1.54) is 18.5 Å². The molecule has 3 aliphatic rings. The van der Waals surface area contributed by atoms with E-state index in [0.29, 0.717) is 5.92 Å². The molecule has 6 nitrogen and oxygen atoms in total. The lowest BCUT2D eigenvalue weighted by molar-refractivity contribution is -0.122. The van der Waals surface area contributed by atoms with Gasteiger partial charge in [0.15, 0.2) is 0 Å². The molecule has 5 heterocycles. The summed E-state index contributed by atoms with van der Waals surface area (Å²) in [5.74, 6) is 0.712. The Bertz CT molecular complexity index is 1220. The summed E-state index contributed by atoms with van der Waals surface area (Å²) in [6.45, 7) is 11.9. The summed E-state index contributed by atoms with van der Waals surface area (Å²) >= 11 is 0. The van der Waals surface area contributed by atoms with Gasteiger partial charge in [-0.2, -0.15) is 5.10 Å². The van der Waals surface area contributed by atoms with E-state index in [1.807, 2.05) is 29.5 Å². The molecule has 0 N–H and O–H groups in total. The molecule has 1 saturated heterocycles. The van der Waals surface area contributed by atoms with Crippen LogP contribution in [0, 0.1) is 25.7 Å². The molecular weight excluding hydrogens is 422 g/mol. The van der Waals surface area contributed by atoms with Crippen LogP contribution in [0.15, 0.2) is 54.0 Å². The van der Waals surface area contributed by atoms with Crippen molar-refractivity contribution in [3.8, 4) is 0 Å². The molecule has 0 bridgehead atoms. The van der Waals surface area contributed by atoms with Gasteiger partial charge >= 0.3 is 0 Å². The van der Waals surface area contributed by atoms with Gasteiger partial charge in [0.05, 0.1) is 28.8 Å². The third-order valence-corrected chi connectivity index (χ3v) is 7.38. The average Bonchev–Trinajstić information content (AvgIpc) is 3.25. The lowest BCUT2D eigenvalue weighted by Gasteiger charge is -2.34. The van der Waals surface area contributed by atoms with Gasteiger partial charge in [0.25, 0.3) is 5.91 Å². The first-order chi connectivity index (χ1) is 16.4. The van der Waals surface area contributed by atoms with E-state index in [4.69, 9.17) is 5.10 Å². The fourth-order valence-electron chi connectivity index (χ4n) is 5.46. The van der Waals surface area contributed by atoms with Crippen molar-refractivity contribution in [3.63, 3.8) is 0 Å². The number of aryl methyl sites for hydroxylation is 2. The summed E-state index contributed by atoms with van der Waals surface area (Å²) in [6, 6.07) is 2.06. The van der Waals surface area contributed by atoms with Gasteiger partial charge in [-0.3, -0.25) is 14.7 Å². The van der Waals surface area contributed by atoms with Crippen LogP contribution >= 0.6 is 0 Å². The zero-order chi connectivity index (χ0) is 23.8. The van der Waals surface area contributed by atoms with Gasteiger partial charge in [-0.25, -0.2) is 4.52 Å². The van der Waals surface area contributed by atoms with Gasteiger partial charge in [0.1, 0.15) is 0 Å². The molecule has 0 aromatic carbocycles. The maximum absolute atomic E-state index is 13.5. The van der Waals surface area contributed by atoms with Crippen molar-refractivity contribution in [1.82, 2.24) is 24.4 Å². The van der Waals surface area contributed by atoms with Crippen LogP contribution in [0.2, 0.25) is 0 Å². The summed E-state index contributed by atoms with van der Waals surface area (Å²) in [6.07, 6.45) is 16.7. The van der Waals surface area contributed by atoms with Crippen LogP contribution < -0.4 is 0 Å². The highest BCUT2D eigenvalue weighted by molar-refractivity contribution is 5.98. The van der Waals surface area contributed by atoms with Gasteiger partial charge < -0.3 is 4.90 Å². The number of rotatable bonds is 4. The Morgan fingerprint density at radius 2 is 1.94 bits per heavy atom. The fourth-order valence-corrected chi connectivity index (χ4v) is 5.46. The van der Waals surface area contributed by atoms with Crippen LogP contribution in [-0.2, 0) is 4.79 Å². The van der Waals surface area contributed by atoms with Crippen LogP contribution in [-0.4, -0.2) is 49.9 Å². The molecule has 5 rings (SSSR count). The van der Waals surface area contributed by atoms with Crippen molar-refractivity contribution < 1.29 is 4.79 Å². The highest BCUT2D eigenvalue weighted by Gasteiger charge is 2.27. The van der Waals surface area contributed by atoms with Crippen molar-refractivity contribution >= 4 is 17.0 Å². The Kier molecular flexibility index (Phi) is 6.26. The van der Waals surface area contributed by atoms with E-state index >= 15 is 0 Å². The molecule has 1 unspecified atom stereocenters. The van der Waals surface area contributed by atoms with Gasteiger partial charge in [-0.1, -0.05) is 26.0 Å². The number of aromatic nitrogens is 3. The first-order valence-electron chi connectivity index (χ1n) is 12.6. The fraction of sp³-hybridized carbons (Fsp3) is 0.464. The van der Waals surface area contributed by atoms with Crippen LogP contribution in [0.3, 0.4) is 0 Å². The molecule has 1 amide bonds. The quantitative estimate of drug-likeness (QED) is 0.644. The third kappa shape index (κ3) is 4.39. The lowest BCUT2D eigenvalue weighted by Crippen LogP contribution is -2.35. The highest BCUT2D eigenvalue weighted by Crippen LogP contribution is 2.34. The minimum Gasteiger partial charge on any atom is -0.303 e. The molecule has 3 aliphatic heterocycles. The van der Waals surface area contributed by atoms with E-state index in [2.05, 4.69) is 54.2 Å². The number of carbonyl (C=O) groups excluding carboxylic acids is 1. The summed E-state index contributed by atoms with van der Waals surface area (Å²) in [5, 5.41) is 4.81. The van der Waals surface area contributed by atoms with Crippen LogP contribution in [0.1, 0.15) is 56.6 Å². The van der Waals surface area contributed by atoms with Crippen LogP contribution in [0.4, 0.5) is 0 Å². The Labute approximate surface area is 202 Å². The molecule has 0 saturated carbocycles. The normalized spacial score (nSPS) is 22.2. The van der Waals surface area contributed by atoms with Crippen molar-refractivity contribution in [3.05, 3.63) is 71.1 Å². The van der Waals surface area contributed by atoms with Crippen molar-refractivity contribution in [1.29, 1.82) is 0 Å². The minimum absolute atomic E-state index is 0.00107. The zero-order valence-electron chi connectivity index (χ0n) is 20.8. The minimum atomic E-state index is 0.00107. The van der Waals surface area contributed by atoms with E-state index in [1.54, 1.807) is 6.08 Å². The number of allylic oxidation sites excluding steroid dienone is 5. The number of carbonyl (C=O) groups is 1. The van der Waals surface area contributed by atoms with Crippen molar-refractivity contribution in [2.24, 2.45) is 11.8 Å². The SMILES string of the molecule is CCCN1CCC(C2=CN3C(=O)C=C(c4cc5c(C)nc(C)cn5n4)C(C)CC=C3C=C2)CC1. The topological polar surface area (TPSA) is 53.7 Å². The Morgan fingerprint density at radius 3 is 2.71 bits per heavy atom. The lowest BCUT2D eigenvalue weighted by atomic mass is 9.87. The maximum Gasteiger partial charge on any atom is 0.255 e. The number of nitrogens with zero attached hydrogens (tertiary/aromatic N) is 5. The maximum atomic E-state index is 13.5. The highest BCUT2D eigenvalue weighted by atomic mass is 16.2. The average molecular weight is 458 g/mol. The predicted octanol–water partition coefficient (Wildman–Crippen LogP) is 5.06. The van der Waals surface area contributed by atoms with Crippen molar-refractivity contribution in [2.45, 2.75) is 53.4 Å². The molecule has 178 valence electrons. The van der Waals surface area contributed by atoms with Gasteiger partial charge in [-0.15, -0.1) is 0 Å². The van der Waals surface area contributed by atoms with Gasteiger partial charge in [0.2, 0.25) is 0 Å². The Balaban J connectivity index is 1.42. The first-order valence-corrected chi connectivity index (χ1v) is 12.6. The van der Waals surface area contributed by atoms with E-state index in [9.17, 15) is 4.79 Å². The Hall–Kier alpha value is -2.99. The van der Waals surface area contributed by atoms with Crippen LogP contribution in [0.25, 0.3) is 11.1 Å². The van der Waals surface area contributed by atoms with E-state index < -0.39 is 0 Å². The standard InChI is InChI=1S/C28H35N5O/c1-5-12-31-13-10-22(11-14-31)23-7-9-24-8-6-19(2)25(15-28(34)32(24)18-23)26-16-27-21(4)29-20(3)17-33(27)30-26/h7-9,15-19,22H,5-6,10-14H2,1-4H3. The Morgan fingerprint density at radius 1 is 1.15 bits per heavy atom. The third-order valence-electron chi connectivity index (χ3n) is 7.38. The van der Waals surface area contributed by atoms with Gasteiger partial charge in [0, 0.05) is 18.0 Å². The molecule has 0 spiro atoms. The molecule has 1 atom stereocenters. The molecule has 1 fully saturated rings. The molecule has 0 aliphatic carbocycles. The number of fused-ring (bicyclic) bond motifs is 2. The second-order valence-electron chi connectivity index (χ2n) is 9.98.